The molecule has 4 rings (SSSR count). The lowest BCUT2D eigenvalue weighted by atomic mass is 9.96. The van der Waals surface area contributed by atoms with Crippen molar-refractivity contribution in [2.24, 2.45) is 5.11 Å². The van der Waals surface area contributed by atoms with E-state index in [1.54, 1.807) is 6.20 Å². The summed E-state index contributed by atoms with van der Waals surface area (Å²) < 4.78 is 1.08. The molecule has 0 N–H and O–H groups in total. The van der Waals surface area contributed by atoms with Crippen LogP contribution in [0, 0.1) is 3.57 Å². The number of rotatable bonds is 4. The van der Waals surface area contributed by atoms with Gasteiger partial charge in [0, 0.05) is 43.7 Å². The molecule has 0 radical (unpaired) electrons. The molecule has 0 aliphatic carbocycles. The van der Waals surface area contributed by atoms with Gasteiger partial charge in [0.15, 0.2) is 0 Å². The minimum Gasteiger partial charge on any atom is -0.265 e. The van der Waals surface area contributed by atoms with Crippen LogP contribution in [-0.4, -0.2) is 9.97 Å². The highest BCUT2D eigenvalue weighted by atomic mass is 127. The van der Waals surface area contributed by atoms with Gasteiger partial charge in [-0.1, -0.05) is 17.2 Å². The zero-order valence-corrected chi connectivity index (χ0v) is 16.4. The van der Waals surface area contributed by atoms with Crippen LogP contribution >= 0.6 is 22.6 Å². The molecule has 2 aromatic carbocycles. The monoisotopic (exact) mass is 463 g/mol. The number of nitrogens with zero attached hydrogens (tertiary/aromatic N) is 5. The Bertz CT molecular complexity index is 1170. The topological polar surface area (TPSA) is 74.5 Å². The van der Waals surface area contributed by atoms with E-state index < -0.39 is 0 Å². The molecular weight excluding hydrogens is 449 g/mol. The van der Waals surface area contributed by atoms with Gasteiger partial charge in [0.2, 0.25) is 0 Å². The molecule has 0 unspecified atom stereocenters. The van der Waals surface area contributed by atoms with Gasteiger partial charge in [0.1, 0.15) is 0 Å². The first kappa shape index (κ1) is 17.5. The summed E-state index contributed by atoms with van der Waals surface area (Å²) in [6.45, 7) is 0. The molecule has 6 heteroatoms. The van der Waals surface area contributed by atoms with Gasteiger partial charge >= 0.3 is 0 Å². The van der Waals surface area contributed by atoms with Gasteiger partial charge in [0.25, 0.3) is 0 Å². The molecule has 0 spiro atoms. The van der Waals surface area contributed by atoms with Gasteiger partial charge in [-0.05, 0) is 93.7 Å². The van der Waals surface area contributed by atoms with Gasteiger partial charge in [-0.15, -0.1) is 0 Å². The lowest BCUT2D eigenvalue weighted by molar-refractivity contribution is 1.17. The molecule has 4 aromatic rings. The number of aromatic nitrogens is 2. The minimum atomic E-state index is 0.594. The molecule has 0 atom stereocenters. The first-order valence-corrected chi connectivity index (χ1v) is 9.44. The second-order valence-corrected chi connectivity index (χ2v) is 7.27. The van der Waals surface area contributed by atoms with E-state index in [1.165, 1.54) is 11.1 Å². The second-order valence-electron chi connectivity index (χ2n) is 6.10. The Morgan fingerprint density at radius 2 is 1.78 bits per heavy atom. The van der Waals surface area contributed by atoms with E-state index in [-0.39, 0.29) is 0 Å². The zero-order chi connectivity index (χ0) is 18.6. The van der Waals surface area contributed by atoms with E-state index in [0.29, 0.717) is 5.69 Å². The SMILES string of the molecule is [N-]=[N+]=Nc1ccc(I)c(-c2cc(Cc3ccncc3)cc3cccnc23)c1. The van der Waals surface area contributed by atoms with Crippen LogP contribution < -0.4 is 0 Å². The summed E-state index contributed by atoms with van der Waals surface area (Å²) >= 11 is 2.31. The third-order valence-electron chi connectivity index (χ3n) is 4.32. The first-order chi connectivity index (χ1) is 13.2. The standard InChI is InChI=1S/C21H14IN5/c22-20-4-3-17(26-27-23)13-18(20)19-12-15(10-14-5-8-24-9-6-14)11-16-2-1-7-25-21(16)19/h1-9,11-13H,10H2. The minimum absolute atomic E-state index is 0.594. The van der Waals surface area contributed by atoms with Crippen molar-refractivity contribution >= 4 is 39.2 Å². The van der Waals surface area contributed by atoms with Crippen LogP contribution in [0.25, 0.3) is 32.5 Å². The maximum atomic E-state index is 8.77. The molecule has 2 heterocycles. The van der Waals surface area contributed by atoms with Crippen LogP contribution in [0.3, 0.4) is 0 Å². The molecule has 2 aromatic heterocycles. The molecule has 0 bridgehead atoms. The third-order valence-corrected chi connectivity index (χ3v) is 5.26. The Labute approximate surface area is 169 Å². The Kier molecular flexibility index (Phi) is 5.00. The van der Waals surface area contributed by atoms with Crippen molar-refractivity contribution < 1.29 is 0 Å². The molecule has 0 saturated carbocycles. The third kappa shape index (κ3) is 3.77. The smallest absolute Gasteiger partial charge is 0.0780 e. The zero-order valence-electron chi connectivity index (χ0n) is 14.2. The number of hydrogen-bond acceptors (Lipinski definition) is 3. The summed E-state index contributed by atoms with van der Waals surface area (Å²) in [4.78, 5) is 11.6. The van der Waals surface area contributed by atoms with Gasteiger partial charge < -0.3 is 0 Å². The second kappa shape index (κ2) is 7.73. The predicted molar refractivity (Wildman–Crippen MR) is 116 cm³/mol. The van der Waals surface area contributed by atoms with E-state index >= 15 is 0 Å². The van der Waals surface area contributed by atoms with Crippen molar-refractivity contribution in [1.82, 2.24) is 9.97 Å². The molecule has 5 nitrogen and oxygen atoms in total. The maximum Gasteiger partial charge on any atom is 0.0780 e. The highest BCUT2D eigenvalue weighted by Crippen LogP contribution is 2.35. The maximum absolute atomic E-state index is 8.77. The van der Waals surface area contributed by atoms with Crippen molar-refractivity contribution in [2.45, 2.75) is 6.42 Å². The predicted octanol–water partition coefficient (Wildman–Crippen LogP) is 6.43. The van der Waals surface area contributed by atoms with Crippen molar-refractivity contribution in [2.75, 3.05) is 0 Å². The Hall–Kier alpha value is -2.96. The van der Waals surface area contributed by atoms with Crippen molar-refractivity contribution in [3.05, 3.63) is 98.3 Å². The fourth-order valence-electron chi connectivity index (χ4n) is 3.13. The number of azide groups is 1. The van der Waals surface area contributed by atoms with E-state index in [4.69, 9.17) is 5.53 Å². The summed E-state index contributed by atoms with van der Waals surface area (Å²) in [5.74, 6) is 0. The molecule has 0 amide bonds. The molecule has 0 aliphatic rings. The number of fused-ring (bicyclic) bond motifs is 1. The van der Waals surface area contributed by atoms with Gasteiger partial charge in [0.05, 0.1) is 5.52 Å². The quantitative estimate of drug-likeness (QED) is 0.151. The highest BCUT2D eigenvalue weighted by Gasteiger charge is 2.12. The number of pyridine rings is 2. The van der Waals surface area contributed by atoms with Crippen molar-refractivity contribution in [3.63, 3.8) is 0 Å². The molecule has 130 valence electrons. The molecule has 0 fully saturated rings. The van der Waals surface area contributed by atoms with Crippen LogP contribution in [0.1, 0.15) is 11.1 Å². The summed E-state index contributed by atoms with van der Waals surface area (Å²) in [5, 5.41) is 4.84. The molecular formula is C21H14IN5. The lowest BCUT2D eigenvalue weighted by Gasteiger charge is -2.12. The molecule has 0 saturated heterocycles. The first-order valence-electron chi connectivity index (χ1n) is 8.36. The van der Waals surface area contributed by atoms with Crippen LogP contribution in [0.5, 0.6) is 0 Å². The van der Waals surface area contributed by atoms with E-state index in [9.17, 15) is 0 Å². The summed E-state index contributed by atoms with van der Waals surface area (Å²) in [5.41, 5.74) is 14.8. The summed E-state index contributed by atoms with van der Waals surface area (Å²) in [6.07, 6.45) is 6.24. The molecule has 0 aliphatic heterocycles. The Balaban J connectivity index is 1.91. The highest BCUT2D eigenvalue weighted by molar-refractivity contribution is 14.1. The normalized spacial score (nSPS) is 10.6. The van der Waals surface area contributed by atoms with Crippen LogP contribution in [0.2, 0.25) is 0 Å². The van der Waals surface area contributed by atoms with E-state index in [1.807, 2.05) is 48.8 Å². The number of halogens is 1. The average molecular weight is 463 g/mol. The van der Waals surface area contributed by atoms with Crippen molar-refractivity contribution in [1.29, 1.82) is 0 Å². The van der Waals surface area contributed by atoms with Crippen LogP contribution in [0.15, 0.2) is 78.3 Å². The fourth-order valence-corrected chi connectivity index (χ4v) is 3.76. The summed E-state index contributed by atoms with van der Waals surface area (Å²) in [7, 11) is 0. The van der Waals surface area contributed by atoms with Gasteiger partial charge in [-0.25, -0.2) is 0 Å². The lowest BCUT2D eigenvalue weighted by Crippen LogP contribution is -1.93. The number of benzene rings is 2. The summed E-state index contributed by atoms with van der Waals surface area (Å²) in [6, 6.07) is 18.1. The van der Waals surface area contributed by atoms with E-state index in [0.717, 1.165) is 32.0 Å². The number of hydrogen-bond donors (Lipinski definition) is 0. The van der Waals surface area contributed by atoms with Gasteiger partial charge in [-0.2, -0.15) is 0 Å². The fraction of sp³-hybridized carbons (Fsp3) is 0.0476. The Morgan fingerprint density at radius 1 is 0.926 bits per heavy atom. The molecule has 27 heavy (non-hydrogen) atoms. The van der Waals surface area contributed by atoms with Crippen molar-refractivity contribution in [3.8, 4) is 11.1 Å². The van der Waals surface area contributed by atoms with Crippen LogP contribution in [0.4, 0.5) is 5.69 Å². The van der Waals surface area contributed by atoms with Gasteiger partial charge in [-0.3, -0.25) is 9.97 Å². The average Bonchev–Trinajstić information content (AvgIpc) is 2.70. The Morgan fingerprint density at radius 3 is 2.59 bits per heavy atom. The van der Waals surface area contributed by atoms with Crippen LogP contribution in [-0.2, 0) is 6.42 Å². The van der Waals surface area contributed by atoms with E-state index in [2.05, 4.69) is 60.8 Å². The largest absolute Gasteiger partial charge is 0.265 e.